The molecule has 1 aliphatic rings. The Hall–Kier alpha value is -1.72. The summed E-state index contributed by atoms with van der Waals surface area (Å²) in [5, 5.41) is 0.553. The zero-order chi connectivity index (χ0) is 19.0. The molecule has 3 aromatic heterocycles. The second-order valence-corrected chi connectivity index (χ2v) is 8.93. The molecular formula is C20H19ClIN5. The number of rotatable bonds is 3. The number of hydrogen-bond acceptors (Lipinski definition) is 3. The van der Waals surface area contributed by atoms with Crippen molar-refractivity contribution in [1.82, 2.24) is 19.5 Å². The molecule has 3 heterocycles. The second-order valence-electron chi connectivity index (χ2n) is 7.33. The molecule has 1 saturated carbocycles. The van der Waals surface area contributed by atoms with Crippen LogP contribution in [0.25, 0.3) is 27.1 Å². The van der Waals surface area contributed by atoms with E-state index in [-0.39, 0.29) is 5.95 Å². The number of aromatic nitrogens is 4. The van der Waals surface area contributed by atoms with Gasteiger partial charge >= 0.3 is 5.95 Å². The molecule has 138 valence electrons. The first-order valence-corrected chi connectivity index (χ1v) is 10.6. The standard InChI is InChI=1S/C20H19ClIN5/c1-12-3-5-13(6-4-12)10-27-11-16(22)18-19(27)17(25-20(23-2)26-18)14-7-15(21)9-24-8-14/h7-9,11-13H,3-6,10H2,1H3. The molecule has 7 heteroatoms. The fraction of sp³-hybridized carbons (Fsp3) is 0.400. The maximum atomic E-state index is 7.37. The summed E-state index contributed by atoms with van der Waals surface area (Å²) in [4.78, 5) is 16.7. The molecule has 0 aromatic carbocycles. The van der Waals surface area contributed by atoms with Crippen molar-refractivity contribution in [3.63, 3.8) is 0 Å². The first kappa shape index (κ1) is 18.6. The van der Waals surface area contributed by atoms with E-state index in [0.29, 0.717) is 10.9 Å². The van der Waals surface area contributed by atoms with Crippen LogP contribution >= 0.6 is 34.2 Å². The van der Waals surface area contributed by atoms with Gasteiger partial charge in [-0.05, 0) is 53.3 Å². The van der Waals surface area contributed by atoms with Crippen LogP contribution in [-0.2, 0) is 6.54 Å². The predicted octanol–water partition coefficient (Wildman–Crippen LogP) is 6.13. The first-order valence-electron chi connectivity index (χ1n) is 9.10. The average molecular weight is 492 g/mol. The molecule has 0 N–H and O–H groups in total. The van der Waals surface area contributed by atoms with Gasteiger partial charge in [0.2, 0.25) is 0 Å². The summed E-state index contributed by atoms with van der Waals surface area (Å²) in [7, 11) is 0. The highest BCUT2D eigenvalue weighted by Gasteiger charge is 2.24. The average Bonchev–Trinajstić information content (AvgIpc) is 2.98. The van der Waals surface area contributed by atoms with E-state index in [2.05, 4.69) is 60.1 Å². The van der Waals surface area contributed by atoms with Gasteiger partial charge in [-0.25, -0.2) is 0 Å². The summed E-state index contributed by atoms with van der Waals surface area (Å²) in [5.41, 5.74) is 3.34. The molecule has 4 rings (SSSR count). The number of halogens is 2. The molecule has 27 heavy (non-hydrogen) atoms. The van der Waals surface area contributed by atoms with Gasteiger partial charge in [-0.15, -0.1) is 16.5 Å². The summed E-state index contributed by atoms with van der Waals surface area (Å²) in [5.74, 6) is 1.65. The van der Waals surface area contributed by atoms with Crippen LogP contribution in [0.4, 0.5) is 5.95 Å². The summed E-state index contributed by atoms with van der Waals surface area (Å²) < 4.78 is 3.30. The zero-order valence-electron chi connectivity index (χ0n) is 15.0. The molecular weight excluding hydrogens is 473 g/mol. The van der Waals surface area contributed by atoms with Crippen molar-refractivity contribution in [3.05, 3.63) is 44.7 Å². The van der Waals surface area contributed by atoms with Crippen molar-refractivity contribution >= 4 is 51.2 Å². The van der Waals surface area contributed by atoms with Crippen molar-refractivity contribution in [2.75, 3.05) is 0 Å². The molecule has 0 spiro atoms. The Kier molecular flexibility index (Phi) is 5.33. The second kappa shape index (κ2) is 7.72. The topological polar surface area (TPSA) is 48.0 Å². The summed E-state index contributed by atoms with van der Waals surface area (Å²) in [6, 6.07) is 1.84. The van der Waals surface area contributed by atoms with Crippen molar-refractivity contribution in [3.8, 4) is 11.3 Å². The highest BCUT2D eigenvalue weighted by molar-refractivity contribution is 14.1. The predicted molar refractivity (Wildman–Crippen MR) is 116 cm³/mol. The third kappa shape index (κ3) is 3.81. The number of fused-ring (bicyclic) bond motifs is 1. The summed E-state index contributed by atoms with van der Waals surface area (Å²) >= 11 is 8.46. The van der Waals surface area contributed by atoms with Gasteiger partial charge in [0.25, 0.3) is 0 Å². The van der Waals surface area contributed by atoms with E-state index in [9.17, 15) is 0 Å². The monoisotopic (exact) mass is 491 g/mol. The molecule has 0 atom stereocenters. The normalized spacial score (nSPS) is 19.9. The fourth-order valence-corrected chi connectivity index (χ4v) is 4.76. The first-order chi connectivity index (χ1) is 13.0. The van der Waals surface area contributed by atoms with Crippen molar-refractivity contribution in [2.24, 2.45) is 11.8 Å². The van der Waals surface area contributed by atoms with E-state index in [0.717, 1.165) is 38.3 Å². The van der Waals surface area contributed by atoms with Crippen LogP contribution in [0.15, 0.2) is 24.7 Å². The molecule has 0 unspecified atom stereocenters. The molecule has 0 bridgehead atoms. The summed E-state index contributed by atoms with van der Waals surface area (Å²) in [6.45, 7) is 10.7. The number of nitrogens with zero attached hydrogens (tertiary/aromatic N) is 5. The van der Waals surface area contributed by atoms with E-state index < -0.39 is 0 Å². The van der Waals surface area contributed by atoms with Crippen LogP contribution < -0.4 is 0 Å². The highest BCUT2D eigenvalue weighted by atomic mass is 127. The van der Waals surface area contributed by atoms with Crippen LogP contribution in [0.5, 0.6) is 0 Å². The van der Waals surface area contributed by atoms with Gasteiger partial charge in [-0.3, -0.25) is 4.98 Å². The molecule has 1 aliphatic carbocycles. The Morgan fingerprint density at radius 2 is 2.04 bits per heavy atom. The van der Waals surface area contributed by atoms with Crippen LogP contribution in [0.3, 0.4) is 0 Å². The number of hydrogen-bond donors (Lipinski definition) is 0. The van der Waals surface area contributed by atoms with Gasteiger partial charge in [0.05, 0.1) is 8.59 Å². The Morgan fingerprint density at radius 3 is 2.74 bits per heavy atom. The van der Waals surface area contributed by atoms with Crippen LogP contribution in [-0.4, -0.2) is 19.5 Å². The van der Waals surface area contributed by atoms with Crippen molar-refractivity contribution in [1.29, 1.82) is 0 Å². The third-order valence-electron chi connectivity index (χ3n) is 5.32. The largest absolute Gasteiger partial charge is 0.394 e. The highest BCUT2D eigenvalue weighted by Crippen LogP contribution is 2.35. The van der Waals surface area contributed by atoms with E-state index in [1.54, 1.807) is 12.4 Å². The molecule has 0 saturated heterocycles. The Balaban J connectivity index is 1.84. The lowest BCUT2D eigenvalue weighted by Crippen LogP contribution is -2.17. The van der Waals surface area contributed by atoms with E-state index >= 15 is 0 Å². The third-order valence-corrected chi connectivity index (χ3v) is 6.32. The lowest BCUT2D eigenvalue weighted by Gasteiger charge is -2.26. The van der Waals surface area contributed by atoms with Crippen LogP contribution in [0, 0.1) is 22.0 Å². The SMILES string of the molecule is [C-]#[N+]c1nc(-c2cncc(Cl)c2)c2c(n1)c(I)cn2CC1CCC(C)CC1. The quantitative estimate of drug-likeness (QED) is 0.327. The Bertz CT molecular complexity index is 1030. The van der Waals surface area contributed by atoms with Gasteiger partial charge in [-0.1, -0.05) is 31.4 Å². The smallest absolute Gasteiger partial charge is 0.372 e. The van der Waals surface area contributed by atoms with Gasteiger partial charge < -0.3 is 9.41 Å². The van der Waals surface area contributed by atoms with E-state index in [1.807, 2.05) is 6.07 Å². The summed E-state index contributed by atoms with van der Waals surface area (Å²) in [6.07, 6.45) is 10.6. The van der Waals surface area contributed by atoms with Crippen molar-refractivity contribution in [2.45, 2.75) is 39.2 Å². The minimum Gasteiger partial charge on any atom is -0.394 e. The molecule has 0 amide bonds. The number of pyridine rings is 1. The fourth-order valence-electron chi connectivity index (χ4n) is 3.87. The zero-order valence-corrected chi connectivity index (χ0v) is 17.9. The Morgan fingerprint density at radius 1 is 1.26 bits per heavy atom. The lowest BCUT2D eigenvalue weighted by molar-refractivity contribution is 0.267. The lowest BCUT2D eigenvalue weighted by atomic mass is 9.83. The molecule has 1 fully saturated rings. The molecule has 3 aromatic rings. The Labute approximate surface area is 177 Å². The molecule has 0 aliphatic heterocycles. The van der Waals surface area contributed by atoms with Gasteiger partial charge in [0.1, 0.15) is 5.52 Å². The van der Waals surface area contributed by atoms with Gasteiger partial charge in [-0.2, -0.15) is 0 Å². The minimum atomic E-state index is 0.152. The van der Waals surface area contributed by atoms with Crippen LogP contribution in [0.1, 0.15) is 32.6 Å². The molecule has 5 nitrogen and oxygen atoms in total. The van der Waals surface area contributed by atoms with E-state index in [4.69, 9.17) is 18.2 Å². The van der Waals surface area contributed by atoms with Gasteiger partial charge in [0.15, 0.2) is 11.2 Å². The van der Waals surface area contributed by atoms with Crippen LogP contribution in [0.2, 0.25) is 5.02 Å². The minimum absolute atomic E-state index is 0.152. The van der Waals surface area contributed by atoms with E-state index in [1.165, 1.54) is 25.7 Å². The molecule has 0 radical (unpaired) electrons. The van der Waals surface area contributed by atoms with Gasteiger partial charge in [0, 0.05) is 30.7 Å². The van der Waals surface area contributed by atoms with Crippen molar-refractivity contribution < 1.29 is 0 Å². The maximum absolute atomic E-state index is 7.37. The maximum Gasteiger partial charge on any atom is 0.372 e.